The van der Waals surface area contributed by atoms with E-state index in [1.54, 1.807) is 0 Å². The molecule has 0 amide bonds. The van der Waals surface area contributed by atoms with Gasteiger partial charge in [-0.3, -0.25) is 0 Å². The molecule has 20 heavy (non-hydrogen) atoms. The van der Waals surface area contributed by atoms with E-state index in [2.05, 4.69) is 33.4 Å². The maximum Gasteiger partial charge on any atom is 0.175 e. The lowest BCUT2D eigenvalue weighted by molar-refractivity contribution is 0.296. The maximum absolute atomic E-state index is 5.75. The van der Waals surface area contributed by atoms with Gasteiger partial charge in [-0.25, -0.2) is 0 Å². The van der Waals surface area contributed by atoms with Crippen molar-refractivity contribution in [3.8, 4) is 11.5 Å². The Morgan fingerprint density at radius 3 is 2.90 bits per heavy atom. The number of rotatable bonds is 6. The van der Waals surface area contributed by atoms with Crippen molar-refractivity contribution in [2.75, 3.05) is 19.8 Å². The lowest BCUT2D eigenvalue weighted by Crippen LogP contribution is -2.15. The molecule has 4 heteroatoms. The van der Waals surface area contributed by atoms with Gasteiger partial charge in [0.15, 0.2) is 11.5 Å². The molecule has 0 saturated heterocycles. The summed E-state index contributed by atoms with van der Waals surface area (Å²) in [7, 11) is 0. The molecule has 1 heterocycles. The average molecular weight is 340 g/mol. The van der Waals surface area contributed by atoms with E-state index in [0.29, 0.717) is 0 Å². The van der Waals surface area contributed by atoms with Crippen LogP contribution in [-0.4, -0.2) is 19.8 Å². The summed E-state index contributed by atoms with van der Waals surface area (Å²) in [5.74, 6) is 2.75. The molecule has 1 saturated carbocycles. The zero-order valence-electron chi connectivity index (χ0n) is 11.8. The minimum absolute atomic E-state index is 0.727. The molecule has 110 valence electrons. The van der Waals surface area contributed by atoms with Gasteiger partial charge in [-0.2, -0.15) is 0 Å². The second-order valence-electron chi connectivity index (χ2n) is 5.72. The predicted molar refractivity (Wildman–Crippen MR) is 83.4 cm³/mol. The van der Waals surface area contributed by atoms with Gasteiger partial charge in [-0.05, 0) is 58.9 Å². The smallest absolute Gasteiger partial charge is 0.175 e. The molecule has 2 aliphatic rings. The van der Waals surface area contributed by atoms with Gasteiger partial charge >= 0.3 is 0 Å². The summed E-state index contributed by atoms with van der Waals surface area (Å²) in [6.07, 6.45) is 6.52. The average Bonchev–Trinajstić information content (AvgIpc) is 3.24. The van der Waals surface area contributed by atoms with Crippen molar-refractivity contribution in [3.63, 3.8) is 0 Å². The second-order valence-corrected chi connectivity index (χ2v) is 6.57. The Hall–Kier alpha value is -0.740. The van der Waals surface area contributed by atoms with Gasteiger partial charge in [0.05, 0.1) is 17.7 Å². The van der Waals surface area contributed by atoms with Crippen molar-refractivity contribution in [2.24, 2.45) is 5.92 Å². The number of benzene rings is 1. The SMILES string of the molecule is Brc1cc(CNCCCC2CC2)cc2c1OCCCO2. The first kappa shape index (κ1) is 14.2. The molecule has 0 aromatic heterocycles. The second kappa shape index (κ2) is 6.81. The van der Waals surface area contributed by atoms with E-state index in [1.807, 2.05) is 0 Å². The lowest BCUT2D eigenvalue weighted by atomic mass is 10.2. The van der Waals surface area contributed by atoms with Crippen LogP contribution in [0.1, 0.15) is 37.7 Å². The normalized spacial score (nSPS) is 17.9. The molecule has 0 radical (unpaired) electrons. The van der Waals surface area contributed by atoms with Crippen molar-refractivity contribution in [1.82, 2.24) is 5.32 Å². The Kier molecular flexibility index (Phi) is 4.84. The standard InChI is InChI=1S/C16H22BrNO2/c17-14-9-13(11-18-6-1-3-12-4-5-12)10-15-16(14)20-8-2-7-19-15/h9-10,12,18H,1-8,11H2. The molecule has 1 fully saturated rings. The zero-order valence-corrected chi connectivity index (χ0v) is 13.4. The molecule has 0 bridgehead atoms. The quantitative estimate of drug-likeness (QED) is 0.797. The number of fused-ring (bicyclic) bond motifs is 1. The van der Waals surface area contributed by atoms with E-state index >= 15 is 0 Å². The fourth-order valence-electron chi connectivity index (χ4n) is 2.54. The first-order valence-corrected chi connectivity index (χ1v) is 8.41. The topological polar surface area (TPSA) is 30.5 Å². The molecule has 1 aliphatic heterocycles. The van der Waals surface area contributed by atoms with Crippen molar-refractivity contribution in [3.05, 3.63) is 22.2 Å². The molecular formula is C16H22BrNO2. The highest BCUT2D eigenvalue weighted by atomic mass is 79.9. The third-order valence-electron chi connectivity index (χ3n) is 3.85. The Balaban J connectivity index is 1.53. The molecule has 0 spiro atoms. The summed E-state index contributed by atoms with van der Waals surface area (Å²) in [6.45, 7) is 3.45. The van der Waals surface area contributed by atoms with E-state index in [4.69, 9.17) is 9.47 Å². The van der Waals surface area contributed by atoms with Crippen molar-refractivity contribution < 1.29 is 9.47 Å². The summed E-state index contributed by atoms with van der Waals surface area (Å²) in [4.78, 5) is 0. The molecule has 0 unspecified atom stereocenters. The molecular weight excluding hydrogens is 318 g/mol. The van der Waals surface area contributed by atoms with Crippen molar-refractivity contribution >= 4 is 15.9 Å². The maximum atomic E-state index is 5.75. The Labute approximate surface area is 129 Å². The van der Waals surface area contributed by atoms with Crippen LogP contribution < -0.4 is 14.8 Å². The van der Waals surface area contributed by atoms with Crippen LogP contribution in [0.4, 0.5) is 0 Å². The van der Waals surface area contributed by atoms with E-state index in [0.717, 1.165) is 54.6 Å². The van der Waals surface area contributed by atoms with Gasteiger partial charge in [-0.1, -0.05) is 12.8 Å². The van der Waals surface area contributed by atoms with E-state index in [-0.39, 0.29) is 0 Å². The molecule has 3 rings (SSSR count). The van der Waals surface area contributed by atoms with Crippen molar-refractivity contribution in [1.29, 1.82) is 0 Å². The van der Waals surface area contributed by atoms with Gasteiger partial charge in [-0.15, -0.1) is 0 Å². The summed E-state index contributed by atoms with van der Waals surface area (Å²) in [6, 6.07) is 4.22. The number of ether oxygens (including phenoxy) is 2. The minimum atomic E-state index is 0.727. The highest BCUT2D eigenvalue weighted by molar-refractivity contribution is 9.10. The van der Waals surface area contributed by atoms with Gasteiger partial charge in [0.25, 0.3) is 0 Å². The monoisotopic (exact) mass is 339 g/mol. The fraction of sp³-hybridized carbons (Fsp3) is 0.625. The highest BCUT2D eigenvalue weighted by Gasteiger charge is 2.20. The van der Waals surface area contributed by atoms with Crippen LogP contribution in [0.15, 0.2) is 16.6 Å². The van der Waals surface area contributed by atoms with Gasteiger partial charge < -0.3 is 14.8 Å². The van der Waals surface area contributed by atoms with Gasteiger partial charge in [0, 0.05) is 13.0 Å². The first-order chi connectivity index (χ1) is 9.83. The summed E-state index contributed by atoms with van der Waals surface area (Å²) >= 11 is 3.58. The third kappa shape index (κ3) is 3.89. The summed E-state index contributed by atoms with van der Waals surface area (Å²) in [5.41, 5.74) is 1.24. The number of hydrogen-bond donors (Lipinski definition) is 1. The third-order valence-corrected chi connectivity index (χ3v) is 4.44. The van der Waals surface area contributed by atoms with Crippen LogP contribution in [0, 0.1) is 5.92 Å². The van der Waals surface area contributed by atoms with Crippen LogP contribution in [0.5, 0.6) is 11.5 Å². The molecule has 0 atom stereocenters. The Morgan fingerprint density at radius 2 is 2.05 bits per heavy atom. The van der Waals surface area contributed by atoms with Crippen LogP contribution in [0.3, 0.4) is 0 Å². The van der Waals surface area contributed by atoms with Gasteiger partial charge in [0.1, 0.15) is 0 Å². The Bertz CT molecular complexity index is 460. The Morgan fingerprint density at radius 1 is 1.20 bits per heavy atom. The van der Waals surface area contributed by atoms with E-state index in [1.165, 1.54) is 31.2 Å². The van der Waals surface area contributed by atoms with Gasteiger partial charge in [0.2, 0.25) is 0 Å². The molecule has 1 aliphatic carbocycles. The zero-order chi connectivity index (χ0) is 13.8. The van der Waals surface area contributed by atoms with Crippen LogP contribution >= 0.6 is 15.9 Å². The van der Waals surface area contributed by atoms with Crippen LogP contribution in [0.25, 0.3) is 0 Å². The fourth-order valence-corrected chi connectivity index (χ4v) is 3.15. The molecule has 1 aromatic rings. The lowest BCUT2D eigenvalue weighted by Gasteiger charge is -2.12. The van der Waals surface area contributed by atoms with Crippen LogP contribution in [-0.2, 0) is 6.54 Å². The molecule has 1 N–H and O–H groups in total. The number of hydrogen-bond acceptors (Lipinski definition) is 3. The largest absolute Gasteiger partial charge is 0.490 e. The molecule has 3 nitrogen and oxygen atoms in total. The number of nitrogens with one attached hydrogen (secondary N) is 1. The highest BCUT2D eigenvalue weighted by Crippen LogP contribution is 2.38. The number of halogens is 1. The van der Waals surface area contributed by atoms with Crippen LogP contribution in [0.2, 0.25) is 0 Å². The predicted octanol–water partition coefficient (Wildman–Crippen LogP) is 3.89. The minimum Gasteiger partial charge on any atom is -0.490 e. The van der Waals surface area contributed by atoms with E-state index < -0.39 is 0 Å². The first-order valence-electron chi connectivity index (χ1n) is 7.61. The molecule has 1 aromatic carbocycles. The summed E-state index contributed by atoms with van der Waals surface area (Å²) in [5, 5.41) is 3.52. The van der Waals surface area contributed by atoms with Crippen molar-refractivity contribution in [2.45, 2.75) is 38.6 Å². The van der Waals surface area contributed by atoms with E-state index in [9.17, 15) is 0 Å². The summed E-state index contributed by atoms with van der Waals surface area (Å²) < 4.78 is 12.5.